The van der Waals surface area contributed by atoms with Gasteiger partial charge in [0.15, 0.2) is 5.96 Å². The first-order chi connectivity index (χ1) is 16.7. The second-order valence-electron chi connectivity index (χ2n) is 7.85. The standard InChI is InChI=1S/C22H39N9O4/c1-17(2)20(32)25-5-7-30(8-6-26-21(33)18(3)4)9-11-34-13-14-35-12-10-31-16-19(28-29-31)15-27-22(23)24/h16H,1,3,5-15H2,2,4H3,(H,25,32)(H,26,33)(H4,23,24,27). The van der Waals surface area contributed by atoms with Gasteiger partial charge in [-0.1, -0.05) is 18.4 Å². The number of carbonyl (C=O) groups is 2. The van der Waals surface area contributed by atoms with Crippen LogP contribution in [-0.2, 0) is 32.2 Å². The number of nitrogens with one attached hydrogen (secondary N) is 2. The maximum Gasteiger partial charge on any atom is 0.246 e. The number of hydrogen-bond acceptors (Lipinski definition) is 8. The Morgan fingerprint density at radius 1 is 1.00 bits per heavy atom. The molecule has 0 aliphatic carbocycles. The van der Waals surface area contributed by atoms with E-state index >= 15 is 0 Å². The third-order valence-electron chi connectivity index (χ3n) is 4.60. The number of hydrogen-bond donors (Lipinski definition) is 4. The van der Waals surface area contributed by atoms with Crippen molar-refractivity contribution in [2.45, 2.75) is 26.9 Å². The second kappa shape index (κ2) is 17.2. The molecule has 1 aromatic rings. The van der Waals surface area contributed by atoms with E-state index < -0.39 is 0 Å². The van der Waals surface area contributed by atoms with Crippen LogP contribution in [-0.4, -0.2) is 96.8 Å². The smallest absolute Gasteiger partial charge is 0.246 e. The Hall–Kier alpha value is -3.29. The average Bonchev–Trinajstić information content (AvgIpc) is 3.26. The average molecular weight is 494 g/mol. The molecule has 1 rings (SSSR count). The lowest BCUT2D eigenvalue weighted by Crippen LogP contribution is -2.41. The summed E-state index contributed by atoms with van der Waals surface area (Å²) in [4.78, 5) is 29.3. The fourth-order valence-corrected chi connectivity index (χ4v) is 2.66. The highest BCUT2D eigenvalue weighted by atomic mass is 16.5. The molecule has 0 unspecified atom stereocenters. The summed E-state index contributed by atoms with van der Waals surface area (Å²) in [5, 5.41) is 13.6. The van der Waals surface area contributed by atoms with Gasteiger partial charge in [-0.15, -0.1) is 5.10 Å². The highest BCUT2D eigenvalue weighted by Gasteiger charge is 2.08. The molecule has 35 heavy (non-hydrogen) atoms. The molecule has 0 atom stereocenters. The molecule has 1 aromatic heterocycles. The Morgan fingerprint density at radius 3 is 2.11 bits per heavy atom. The van der Waals surface area contributed by atoms with E-state index in [2.05, 4.69) is 44.0 Å². The zero-order chi connectivity index (χ0) is 26.1. The summed E-state index contributed by atoms with van der Waals surface area (Å²) in [6, 6.07) is 0. The van der Waals surface area contributed by atoms with E-state index in [0.717, 1.165) is 0 Å². The summed E-state index contributed by atoms with van der Waals surface area (Å²) in [7, 11) is 0. The third kappa shape index (κ3) is 14.6. The quantitative estimate of drug-likeness (QED) is 0.0796. The van der Waals surface area contributed by atoms with Crippen LogP contribution in [0.15, 0.2) is 35.5 Å². The Labute approximate surface area is 206 Å². The van der Waals surface area contributed by atoms with Crippen molar-refractivity contribution in [2.24, 2.45) is 16.5 Å². The largest absolute Gasteiger partial charge is 0.378 e. The minimum absolute atomic E-state index is 0.00935. The first-order valence-electron chi connectivity index (χ1n) is 11.4. The first kappa shape index (κ1) is 29.7. The highest BCUT2D eigenvalue weighted by molar-refractivity contribution is 5.92. The summed E-state index contributed by atoms with van der Waals surface area (Å²) in [5.41, 5.74) is 12.2. The lowest BCUT2D eigenvalue weighted by molar-refractivity contribution is -0.118. The zero-order valence-electron chi connectivity index (χ0n) is 20.8. The predicted octanol–water partition coefficient (Wildman–Crippen LogP) is -1.23. The third-order valence-corrected chi connectivity index (χ3v) is 4.60. The monoisotopic (exact) mass is 493 g/mol. The molecular weight excluding hydrogens is 454 g/mol. The van der Waals surface area contributed by atoms with E-state index in [1.165, 1.54) is 0 Å². The molecule has 0 aliphatic heterocycles. The minimum Gasteiger partial charge on any atom is -0.378 e. The molecule has 0 saturated carbocycles. The Bertz CT molecular complexity index is 818. The molecule has 0 fully saturated rings. The summed E-state index contributed by atoms with van der Waals surface area (Å²) >= 11 is 0. The van der Waals surface area contributed by atoms with Gasteiger partial charge in [-0.2, -0.15) is 0 Å². The number of nitrogens with zero attached hydrogens (tertiary/aromatic N) is 5. The van der Waals surface area contributed by atoms with E-state index in [0.29, 0.717) is 82.5 Å². The van der Waals surface area contributed by atoms with Gasteiger partial charge >= 0.3 is 0 Å². The SMILES string of the molecule is C=C(C)C(=O)NCCN(CCNC(=O)C(=C)C)CCOCCOCCn1cc(CN=C(N)N)nn1. The zero-order valence-corrected chi connectivity index (χ0v) is 20.8. The van der Waals surface area contributed by atoms with Crippen molar-refractivity contribution in [3.63, 3.8) is 0 Å². The molecule has 13 heteroatoms. The number of aliphatic imine (C=N–C) groups is 1. The van der Waals surface area contributed by atoms with Crippen LogP contribution in [0, 0.1) is 0 Å². The van der Waals surface area contributed by atoms with Crippen molar-refractivity contribution < 1.29 is 19.1 Å². The molecule has 1 heterocycles. The van der Waals surface area contributed by atoms with Crippen molar-refractivity contribution >= 4 is 17.8 Å². The van der Waals surface area contributed by atoms with Crippen molar-refractivity contribution in [2.75, 3.05) is 59.2 Å². The lowest BCUT2D eigenvalue weighted by Gasteiger charge is -2.22. The molecule has 196 valence electrons. The number of amides is 2. The summed E-state index contributed by atoms with van der Waals surface area (Å²) in [5.74, 6) is -0.343. The summed E-state index contributed by atoms with van der Waals surface area (Å²) < 4.78 is 12.9. The summed E-state index contributed by atoms with van der Waals surface area (Å²) in [6.45, 7) is 16.1. The number of guanidine groups is 1. The van der Waals surface area contributed by atoms with Gasteiger partial charge in [0.05, 0.1) is 45.7 Å². The molecule has 0 radical (unpaired) electrons. The van der Waals surface area contributed by atoms with E-state index in [1.54, 1.807) is 24.7 Å². The molecule has 0 bridgehead atoms. The second-order valence-corrected chi connectivity index (χ2v) is 7.85. The maximum atomic E-state index is 11.7. The summed E-state index contributed by atoms with van der Waals surface area (Å²) in [6.07, 6.45) is 1.76. The van der Waals surface area contributed by atoms with E-state index in [-0.39, 0.29) is 24.3 Å². The topological polar surface area (TPSA) is 175 Å². The first-order valence-corrected chi connectivity index (χ1v) is 11.4. The lowest BCUT2D eigenvalue weighted by atomic mass is 10.3. The molecular formula is C22H39N9O4. The van der Waals surface area contributed by atoms with Crippen molar-refractivity contribution in [3.8, 4) is 0 Å². The van der Waals surface area contributed by atoms with E-state index in [1.807, 2.05) is 0 Å². The van der Waals surface area contributed by atoms with Crippen LogP contribution in [0.25, 0.3) is 0 Å². The van der Waals surface area contributed by atoms with Crippen molar-refractivity contribution in [1.82, 2.24) is 30.5 Å². The molecule has 0 saturated heterocycles. The fourth-order valence-electron chi connectivity index (χ4n) is 2.66. The maximum absolute atomic E-state index is 11.7. The molecule has 0 spiro atoms. The molecule has 6 N–H and O–H groups in total. The van der Waals surface area contributed by atoms with E-state index in [9.17, 15) is 9.59 Å². The van der Waals surface area contributed by atoms with Gasteiger partial charge < -0.3 is 31.6 Å². The molecule has 13 nitrogen and oxygen atoms in total. The van der Waals surface area contributed by atoms with Crippen LogP contribution in [0.4, 0.5) is 0 Å². The Kier molecular flexibility index (Phi) is 14.6. The number of nitrogens with two attached hydrogens (primary N) is 2. The van der Waals surface area contributed by atoms with Gasteiger partial charge in [0.1, 0.15) is 5.69 Å². The van der Waals surface area contributed by atoms with Crippen molar-refractivity contribution in [3.05, 3.63) is 36.2 Å². The van der Waals surface area contributed by atoms with Crippen LogP contribution in [0.1, 0.15) is 19.5 Å². The van der Waals surface area contributed by atoms with Crippen LogP contribution in [0.5, 0.6) is 0 Å². The van der Waals surface area contributed by atoms with Crippen LogP contribution < -0.4 is 22.1 Å². The number of aromatic nitrogens is 3. The van der Waals surface area contributed by atoms with Gasteiger partial charge in [0, 0.05) is 43.9 Å². The van der Waals surface area contributed by atoms with Crippen molar-refractivity contribution in [1.29, 1.82) is 0 Å². The van der Waals surface area contributed by atoms with Gasteiger partial charge in [-0.05, 0) is 13.8 Å². The van der Waals surface area contributed by atoms with Gasteiger partial charge in [-0.25, -0.2) is 9.67 Å². The van der Waals surface area contributed by atoms with E-state index in [4.69, 9.17) is 20.9 Å². The highest BCUT2D eigenvalue weighted by Crippen LogP contribution is 1.96. The minimum atomic E-state index is -0.176. The van der Waals surface area contributed by atoms with Gasteiger partial charge in [0.2, 0.25) is 11.8 Å². The number of carbonyl (C=O) groups excluding carboxylic acids is 2. The Morgan fingerprint density at radius 2 is 1.57 bits per heavy atom. The van der Waals surface area contributed by atoms with Crippen LogP contribution in [0.3, 0.4) is 0 Å². The normalized spacial score (nSPS) is 10.7. The number of rotatable bonds is 19. The van der Waals surface area contributed by atoms with Crippen LogP contribution >= 0.6 is 0 Å². The predicted molar refractivity (Wildman–Crippen MR) is 133 cm³/mol. The molecule has 2 amide bonds. The Balaban J connectivity index is 2.23. The fraction of sp³-hybridized carbons (Fsp3) is 0.591. The number of ether oxygens (including phenoxy) is 2. The van der Waals surface area contributed by atoms with Crippen LogP contribution in [0.2, 0.25) is 0 Å². The molecule has 0 aliphatic rings. The van der Waals surface area contributed by atoms with Gasteiger partial charge in [0.25, 0.3) is 0 Å². The molecule has 0 aromatic carbocycles. The van der Waals surface area contributed by atoms with Gasteiger partial charge in [-0.3, -0.25) is 14.5 Å².